The predicted molar refractivity (Wildman–Crippen MR) is 102 cm³/mol. The van der Waals surface area contributed by atoms with Crippen LogP contribution < -0.4 is 10.2 Å². The summed E-state index contributed by atoms with van der Waals surface area (Å²) in [6.07, 6.45) is 1.55. The molecule has 0 saturated carbocycles. The second-order valence-corrected chi connectivity index (χ2v) is 6.72. The smallest absolute Gasteiger partial charge is 0.229 e. The van der Waals surface area contributed by atoms with Gasteiger partial charge in [0.25, 0.3) is 0 Å². The molecule has 7 nitrogen and oxygen atoms in total. The van der Waals surface area contributed by atoms with E-state index in [2.05, 4.69) is 20.1 Å². The van der Waals surface area contributed by atoms with Crippen molar-refractivity contribution in [1.82, 2.24) is 15.1 Å². The normalized spacial score (nSPS) is 18.9. The number of hydrogen-bond acceptors (Lipinski definition) is 4. The molecular weight excluding hydrogens is 349 g/mol. The molecule has 146 valence electrons. The third kappa shape index (κ3) is 4.75. The summed E-state index contributed by atoms with van der Waals surface area (Å²) in [7, 11) is 1.73. The van der Waals surface area contributed by atoms with E-state index < -0.39 is 0 Å². The van der Waals surface area contributed by atoms with Gasteiger partial charge in [-0.3, -0.25) is 19.5 Å². The minimum Gasteiger partial charge on any atom is -0.368 e. The maximum Gasteiger partial charge on any atom is 0.229 e. The van der Waals surface area contributed by atoms with Gasteiger partial charge in [-0.15, -0.1) is 0 Å². The first-order valence-corrected chi connectivity index (χ1v) is 9.38. The van der Waals surface area contributed by atoms with Crippen molar-refractivity contribution in [3.8, 4) is 0 Å². The molecule has 1 aromatic rings. The third-order valence-electron chi connectivity index (χ3n) is 4.98. The zero-order valence-electron chi connectivity index (χ0n) is 15.7. The van der Waals surface area contributed by atoms with Gasteiger partial charge in [-0.2, -0.15) is 0 Å². The van der Waals surface area contributed by atoms with Gasteiger partial charge < -0.3 is 15.1 Å². The van der Waals surface area contributed by atoms with Gasteiger partial charge in [0.05, 0.1) is 0 Å². The number of halogens is 1. The summed E-state index contributed by atoms with van der Waals surface area (Å²) < 4.78 is 13.1. The molecule has 2 fully saturated rings. The first-order valence-electron chi connectivity index (χ1n) is 9.38. The van der Waals surface area contributed by atoms with Crippen LogP contribution in [0.5, 0.6) is 0 Å². The molecule has 8 heteroatoms. The number of carbonyl (C=O) groups excluding carboxylic acids is 2. The molecule has 2 saturated heterocycles. The number of guanidine groups is 1. The third-order valence-corrected chi connectivity index (χ3v) is 4.98. The molecule has 27 heavy (non-hydrogen) atoms. The van der Waals surface area contributed by atoms with Crippen molar-refractivity contribution >= 4 is 23.5 Å². The lowest BCUT2D eigenvalue weighted by Crippen LogP contribution is -2.53. The van der Waals surface area contributed by atoms with Gasteiger partial charge in [-0.1, -0.05) is 0 Å². The molecule has 0 radical (unpaired) electrons. The summed E-state index contributed by atoms with van der Waals surface area (Å²) in [6.45, 7) is 4.07. The number of likely N-dealkylation sites (tertiary alicyclic amines) is 1. The van der Waals surface area contributed by atoms with Crippen LogP contribution in [0.3, 0.4) is 0 Å². The minimum atomic E-state index is -0.229. The van der Waals surface area contributed by atoms with E-state index in [1.165, 1.54) is 17.0 Å². The van der Waals surface area contributed by atoms with Crippen LogP contribution >= 0.6 is 0 Å². The van der Waals surface area contributed by atoms with Gasteiger partial charge in [-0.25, -0.2) is 4.39 Å². The number of hydrogen-bond donors (Lipinski definition) is 1. The lowest BCUT2D eigenvalue weighted by molar-refractivity contribution is -0.147. The number of imide groups is 1. The summed E-state index contributed by atoms with van der Waals surface area (Å²) in [5, 5.41) is 3.25. The number of amides is 2. The van der Waals surface area contributed by atoms with Gasteiger partial charge in [0.15, 0.2) is 5.96 Å². The van der Waals surface area contributed by atoms with E-state index in [1.807, 2.05) is 0 Å². The summed E-state index contributed by atoms with van der Waals surface area (Å²) in [5.74, 6) is 0.366. The number of anilines is 1. The Kier molecular flexibility index (Phi) is 6.26. The molecule has 0 spiro atoms. The highest BCUT2D eigenvalue weighted by Crippen LogP contribution is 2.17. The number of piperidine rings is 1. The Morgan fingerprint density at radius 2 is 1.70 bits per heavy atom. The number of aliphatic imine (C=N–C) groups is 1. The van der Waals surface area contributed by atoms with Crippen LogP contribution in [0, 0.1) is 5.82 Å². The Morgan fingerprint density at radius 3 is 2.30 bits per heavy atom. The lowest BCUT2D eigenvalue weighted by atomic mass is 10.1. The number of nitrogens with zero attached hydrogens (tertiary/aromatic N) is 4. The highest BCUT2D eigenvalue weighted by atomic mass is 19.1. The minimum absolute atomic E-state index is 0.0871. The van der Waals surface area contributed by atoms with Crippen LogP contribution in [0.25, 0.3) is 0 Å². The van der Waals surface area contributed by atoms with E-state index in [0.29, 0.717) is 32.4 Å². The molecule has 2 aliphatic rings. The largest absolute Gasteiger partial charge is 0.368 e. The Balaban J connectivity index is 1.47. The van der Waals surface area contributed by atoms with Gasteiger partial charge in [0.2, 0.25) is 11.8 Å². The monoisotopic (exact) mass is 375 g/mol. The molecule has 0 aliphatic carbocycles. The zero-order chi connectivity index (χ0) is 19.2. The van der Waals surface area contributed by atoms with Crippen LogP contribution in [0.2, 0.25) is 0 Å². The fourth-order valence-corrected chi connectivity index (χ4v) is 3.49. The standard InChI is InChI=1S/C19H26FN5O2/c1-21-19(22-9-10-25-17(26)3-2-4-18(25)27)24-13-11-23(12-14-24)16-7-5-15(20)6-8-16/h5-8H,2-4,9-14H2,1H3,(H,21,22). The van der Waals surface area contributed by atoms with Crippen molar-refractivity contribution in [2.45, 2.75) is 19.3 Å². The molecule has 1 N–H and O–H groups in total. The van der Waals surface area contributed by atoms with Crippen molar-refractivity contribution in [2.24, 2.45) is 4.99 Å². The quantitative estimate of drug-likeness (QED) is 0.484. The van der Waals surface area contributed by atoms with Crippen LogP contribution in [-0.2, 0) is 9.59 Å². The fraction of sp³-hybridized carbons (Fsp3) is 0.526. The maximum atomic E-state index is 13.1. The second kappa shape index (κ2) is 8.83. The molecule has 0 aromatic heterocycles. The topological polar surface area (TPSA) is 68.2 Å². The molecule has 0 unspecified atom stereocenters. The number of piperazine rings is 1. The van der Waals surface area contributed by atoms with Crippen LogP contribution in [0.1, 0.15) is 19.3 Å². The average Bonchev–Trinajstić information content (AvgIpc) is 2.68. The lowest BCUT2D eigenvalue weighted by Gasteiger charge is -2.37. The summed E-state index contributed by atoms with van der Waals surface area (Å²) in [6, 6.07) is 6.55. The summed E-state index contributed by atoms with van der Waals surface area (Å²) >= 11 is 0. The highest BCUT2D eigenvalue weighted by molar-refractivity contribution is 5.97. The first-order chi connectivity index (χ1) is 13.1. The van der Waals surface area contributed by atoms with Crippen molar-refractivity contribution in [3.05, 3.63) is 30.1 Å². The Labute approximate surface area is 158 Å². The molecule has 2 amide bonds. The number of nitrogens with one attached hydrogen (secondary N) is 1. The molecule has 2 aliphatic heterocycles. The van der Waals surface area contributed by atoms with E-state index in [1.54, 1.807) is 19.2 Å². The summed E-state index contributed by atoms with van der Waals surface area (Å²) in [4.78, 5) is 33.7. The van der Waals surface area contributed by atoms with E-state index in [9.17, 15) is 14.0 Å². The van der Waals surface area contributed by atoms with Crippen molar-refractivity contribution in [3.63, 3.8) is 0 Å². The molecule has 2 heterocycles. The molecular formula is C19H26FN5O2. The second-order valence-electron chi connectivity index (χ2n) is 6.72. The molecule has 1 aromatic carbocycles. The Morgan fingerprint density at radius 1 is 1.07 bits per heavy atom. The van der Waals surface area contributed by atoms with Gasteiger partial charge in [0, 0.05) is 64.8 Å². The van der Waals surface area contributed by atoms with Gasteiger partial charge >= 0.3 is 0 Å². The highest BCUT2D eigenvalue weighted by Gasteiger charge is 2.25. The Hall–Kier alpha value is -2.64. The molecule has 0 bridgehead atoms. The first kappa shape index (κ1) is 19.1. The van der Waals surface area contributed by atoms with Crippen LogP contribution in [0.15, 0.2) is 29.3 Å². The van der Waals surface area contributed by atoms with Crippen LogP contribution in [-0.4, -0.2) is 73.9 Å². The predicted octanol–water partition coefficient (Wildman–Crippen LogP) is 1.06. The fourth-order valence-electron chi connectivity index (χ4n) is 3.49. The van der Waals surface area contributed by atoms with Crippen molar-refractivity contribution in [2.75, 3.05) is 51.2 Å². The Bertz CT molecular complexity index is 683. The maximum absolute atomic E-state index is 13.1. The van der Waals surface area contributed by atoms with Crippen LogP contribution in [0.4, 0.5) is 10.1 Å². The van der Waals surface area contributed by atoms with Crippen molar-refractivity contribution < 1.29 is 14.0 Å². The summed E-state index contributed by atoms with van der Waals surface area (Å²) in [5.41, 5.74) is 1.01. The van der Waals surface area contributed by atoms with E-state index in [0.717, 1.165) is 37.8 Å². The average molecular weight is 375 g/mol. The van der Waals surface area contributed by atoms with E-state index in [4.69, 9.17) is 0 Å². The number of rotatable bonds is 4. The molecule has 0 atom stereocenters. The number of benzene rings is 1. The van der Waals surface area contributed by atoms with E-state index in [-0.39, 0.29) is 17.6 Å². The zero-order valence-corrected chi connectivity index (χ0v) is 15.7. The van der Waals surface area contributed by atoms with Gasteiger partial charge in [0.1, 0.15) is 5.82 Å². The van der Waals surface area contributed by atoms with E-state index >= 15 is 0 Å². The van der Waals surface area contributed by atoms with Gasteiger partial charge in [-0.05, 0) is 30.7 Å². The van der Waals surface area contributed by atoms with Crippen molar-refractivity contribution in [1.29, 1.82) is 0 Å². The SMILES string of the molecule is CN=C(NCCN1C(=O)CCCC1=O)N1CCN(c2ccc(F)cc2)CC1. The molecule has 3 rings (SSSR count). The number of carbonyl (C=O) groups is 2.